The van der Waals surface area contributed by atoms with Crippen LogP contribution in [-0.4, -0.2) is 32.1 Å². The Bertz CT molecular complexity index is 733. The molecule has 140 valence electrons. The summed E-state index contributed by atoms with van der Waals surface area (Å²) in [6.45, 7) is 0.693. The van der Waals surface area contributed by atoms with Gasteiger partial charge in [0.15, 0.2) is 0 Å². The monoisotopic (exact) mass is 399 g/mol. The molecular formula is C18H19Cl2NO5. The van der Waals surface area contributed by atoms with E-state index >= 15 is 0 Å². The van der Waals surface area contributed by atoms with E-state index < -0.39 is 17.8 Å². The number of benzene rings is 1. The second-order valence-electron chi connectivity index (χ2n) is 5.43. The Morgan fingerprint density at radius 2 is 2.08 bits per heavy atom. The van der Waals surface area contributed by atoms with Gasteiger partial charge in [-0.05, 0) is 36.8 Å². The first-order valence-electron chi connectivity index (χ1n) is 7.97. The van der Waals surface area contributed by atoms with E-state index in [0.717, 1.165) is 0 Å². The molecular weight excluding hydrogens is 381 g/mol. The van der Waals surface area contributed by atoms with Crippen molar-refractivity contribution in [1.29, 1.82) is 0 Å². The fourth-order valence-electron chi connectivity index (χ4n) is 2.24. The number of methoxy groups -OCH3 is 1. The molecule has 0 aliphatic heterocycles. The molecule has 1 aromatic heterocycles. The minimum Gasteiger partial charge on any atom is -0.492 e. The van der Waals surface area contributed by atoms with Crippen LogP contribution in [0.4, 0.5) is 0 Å². The van der Waals surface area contributed by atoms with E-state index in [0.29, 0.717) is 41.1 Å². The summed E-state index contributed by atoms with van der Waals surface area (Å²) in [5, 5.41) is 3.65. The predicted octanol–water partition coefficient (Wildman–Crippen LogP) is 3.50. The van der Waals surface area contributed by atoms with Crippen LogP contribution in [0.1, 0.15) is 12.2 Å². The van der Waals surface area contributed by atoms with Gasteiger partial charge in [0, 0.05) is 18.0 Å². The summed E-state index contributed by atoms with van der Waals surface area (Å²) in [7, 11) is 1.24. The first kappa shape index (κ1) is 20.1. The van der Waals surface area contributed by atoms with Gasteiger partial charge in [-0.1, -0.05) is 23.2 Å². The van der Waals surface area contributed by atoms with Gasteiger partial charge in [0.05, 0.1) is 25.0 Å². The van der Waals surface area contributed by atoms with Crippen molar-refractivity contribution in [1.82, 2.24) is 5.32 Å². The van der Waals surface area contributed by atoms with Crippen molar-refractivity contribution >= 4 is 35.1 Å². The van der Waals surface area contributed by atoms with Crippen molar-refractivity contribution in [2.45, 2.75) is 12.8 Å². The van der Waals surface area contributed by atoms with Crippen molar-refractivity contribution in [2.75, 3.05) is 20.3 Å². The first-order valence-corrected chi connectivity index (χ1v) is 8.72. The summed E-state index contributed by atoms with van der Waals surface area (Å²) in [5.74, 6) is -0.928. The Morgan fingerprint density at radius 3 is 2.73 bits per heavy atom. The number of carbonyl (C=O) groups excluding carboxylic acids is 2. The van der Waals surface area contributed by atoms with E-state index in [9.17, 15) is 9.59 Å². The SMILES string of the molecule is COC(=O)C(Cc1ccco1)C(=O)NCCCOc1ccc(Cl)cc1Cl. The van der Waals surface area contributed by atoms with E-state index in [1.165, 1.54) is 13.4 Å². The molecule has 26 heavy (non-hydrogen) atoms. The summed E-state index contributed by atoms with van der Waals surface area (Å²) in [6, 6.07) is 8.35. The lowest BCUT2D eigenvalue weighted by atomic mass is 10.0. The lowest BCUT2D eigenvalue weighted by Crippen LogP contribution is -2.38. The number of esters is 1. The Morgan fingerprint density at radius 1 is 1.27 bits per heavy atom. The molecule has 0 aliphatic carbocycles. The zero-order valence-corrected chi connectivity index (χ0v) is 15.7. The van der Waals surface area contributed by atoms with Crippen LogP contribution in [0.2, 0.25) is 10.0 Å². The number of ether oxygens (including phenoxy) is 2. The molecule has 1 aromatic carbocycles. The lowest BCUT2D eigenvalue weighted by Gasteiger charge is -2.14. The molecule has 0 bridgehead atoms. The summed E-state index contributed by atoms with van der Waals surface area (Å²) in [5.41, 5.74) is 0. The Kier molecular flexibility index (Phi) is 7.81. The average molecular weight is 400 g/mol. The Balaban J connectivity index is 1.77. The number of hydrogen-bond acceptors (Lipinski definition) is 5. The second-order valence-corrected chi connectivity index (χ2v) is 6.27. The van der Waals surface area contributed by atoms with Gasteiger partial charge in [0.25, 0.3) is 0 Å². The van der Waals surface area contributed by atoms with E-state index in [-0.39, 0.29) is 6.42 Å². The number of furan rings is 1. The molecule has 2 rings (SSSR count). The number of nitrogens with one attached hydrogen (secondary N) is 1. The zero-order chi connectivity index (χ0) is 18.9. The maximum atomic E-state index is 12.3. The number of rotatable bonds is 9. The van der Waals surface area contributed by atoms with Crippen LogP contribution in [0.3, 0.4) is 0 Å². The Hall–Kier alpha value is -2.18. The molecule has 1 heterocycles. The third kappa shape index (κ3) is 5.97. The molecule has 2 aromatic rings. The zero-order valence-electron chi connectivity index (χ0n) is 14.2. The largest absolute Gasteiger partial charge is 0.492 e. The number of hydrogen-bond donors (Lipinski definition) is 1. The highest BCUT2D eigenvalue weighted by Crippen LogP contribution is 2.27. The lowest BCUT2D eigenvalue weighted by molar-refractivity contribution is -0.150. The van der Waals surface area contributed by atoms with Gasteiger partial charge < -0.3 is 19.2 Å². The van der Waals surface area contributed by atoms with Crippen LogP contribution in [0.15, 0.2) is 41.0 Å². The summed E-state index contributed by atoms with van der Waals surface area (Å²) < 4.78 is 15.4. The van der Waals surface area contributed by atoms with Crippen molar-refractivity contribution < 1.29 is 23.5 Å². The topological polar surface area (TPSA) is 77.8 Å². The molecule has 0 aliphatic rings. The fourth-order valence-corrected chi connectivity index (χ4v) is 2.70. The maximum Gasteiger partial charge on any atom is 0.318 e. The minimum absolute atomic E-state index is 0.141. The van der Waals surface area contributed by atoms with Crippen LogP contribution < -0.4 is 10.1 Å². The molecule has 0 saturated heterocycles. The average Bonchev–Trinajstić information content (AvgIpc) is 3.13. The molecule has 1 amide bonds. The normalized spacial score (nSPS) is 11.7. The maximum absolute atomic E-state index is 12.3. The van der Waals surface area contributed by atoms with Gasteiger partial charge in [-0.3, -0.25) is 9.59 Å². The molecule has 0 saturated carbocycles. The van der Waals surface area contributed by atoms with E-state index in [1.54, 1.807) is 30.3 Å². The first-order chi connectivity index (χ1) is 12.5. The smallest absolute Gasteiger partial charge is 0.318 e. The van der Waals surface area contributed by atoms with E-state index in [2.05, 4.69) is 5.32 Å². The second kappa shape index (κ2) is 10.1. The molecule has 0 radical (unpaired) electrons. The summed E-state index contributed by atoms with van der Waals surface area (Å²) >= 11 is 11.8. The number of amides is 1. The van der Waals surface area contributed by atoms with Gasteiger partial charge in [-0.25, -0.2) is 0 Å². The molecule has 1 atom stereocenters. The molecule has 1 N–H and O–H groups in total. The standard InChI is InChI=1S/C18H19Cl2NO5/c1-24-18(23)14(11-13-4-2-8-25-13)17(22)21-7-3-9-26-16-6-5-12(19)10-15(16)20/h2,4-6,8,10,14H,3,7,9,11H2,1H3,(H,21,22). The third-order valence-corrected chi connectivity index (χ3v) is 4.09. The minimum atomic E-state index is -0.960. The summed E-state index contributed by atoms with van der Waals surface area (Å²) in [4.78, 5) is 24.1. The van der Waals surface area contributed by atoms with Gasteiger partial charge in [0.1, 0.15) is 17.4 Å². The fraction of sp³-hybridized carbons (Fsp3) is 0.333. The molecule has 8 heteroatoms. The van der Waals surface area contributed by atoms with Gasteiger partial charge in [-0.2, -0.15) is 0 Å². The van der Waals surface area contributed by atoms with E-state index in [4.69, 9.17) is 37.1 Å². The van der Waals surface area contributed by atoms with Gasteiger partial charge in [0.2, 0.25) is 5.91 Å². The number of carbonyl (C=O) groups is 2. The predicted molar refractivity (Wildman–Crippen MR) is 97.5 cm³/mol. The van der Waals surface area contributed by atoms with Gasteiger partial charge in [-0.15, -0.1) is 0 Å². The van der Waals surface area contributed by atoms with Crippen molar-refractivity contribution in [3.8, 4) is 5.75 Å². The third-order valence-electron chi connectivity index (χ3n) is 3.56. The highest BCUT2D eigenvalue weighted by molar-refractivity contribution is 6.35. The van der Waals surface area contributed by atoms with Crippen molar-refractivity contribution in [3.05, 3.63) is 52.4 Å². The van der Waals surface area contributed by atoms with Crippen LogP contribution in [0, 0.1) is 5.92 Å². The van der Waals surface area contributed by atoms with E-state index in [1.807, 2.05) is 0 Å². The summed E-state index contributed by atoms with van der Waals surface area (Å²) in [6.07, 6.45) is 2.17. The van der Waals surface area contributed by atoms with Crippen LogP contribution in [-0.2, 0) is 20.7 Å². The molecule has 0 spiro atoms. The Labute approximate surface area is 161 Å². The van der Waals surface area contributed by atoms with Gasteiger partial charge >= 0.3 is 5.97 Å². The highest BCUT2D eigenvalue weighted by atomic mass is 35.5. The van der Waals surface area contributed by atoms with Crippen LogP contribution in [0.25, 0.3) is 0 Å². The van der Waals surface area contributed by atoms with Crippen LogP contribution >= 0.6 is 23.2 Å². The molecule has 1 unspecified atom stereocenters. The molecule has 0 fully saturated rings. The van der Waals surface area contributed by atoms with Crippen molar-refractivity contribution in [2.24, 2.45) is 5.92 Å². The molecule has 6 nitrogen and oxygen atoms in total. The van der Waals surface area contributed by atoms with Crippen LogP contribution in [0.5, 0.6) is 5.75 Å². The highest BCUT2D eigenvalue weighted by Gasteiger charge is 2.28. The van der Waals surface area contributed by atoms with Crippen molar-refractivity contribution in [3.63, 3.8) is 0 Å². The quantitative estimate of drug-likeness (QED) is 0.396. The number of halogens is 2.